The summed E-state index contributed by atoms with van der Waals surface area (Å²) >= 11 is 0. The minimum absolute atomic E-state index is 0.714. The minimum Gasteiger partial charge on any atom is -0.381 e. The van der Waals surface area contributed by atoms with Crippen molar-refractivity contribution in [3.8, 4) is 0 Å². The largest absolute Gasteiger partial charge is 0.381 e. The van der Waals surface area contributed by atoms with Crippen molar-refractivity contribution in [3.05, 3.63) is 35.9 Å². The van der Waals surface area contributed by atoms with Gasteiger partial charge in [-0.1, -0.05) is 30.3 Å². The molecule has 0 aliphatic carbocycles. The highest BCUT2D eigenvalue weighted by molar-refractivity contribution is 5.14. The molecule has 0 amide bonds. The summed E-state index contributed by atoms with van der Waals surface area (Å²) in [7, 11) is 0. The molecule has 1 aromatic carbocycles. The van der Waals surface area contributed by atoms with Crippen LogP contribution < -0.4 is 5.73 Å². The van der Waals surface area contributed by atoms with Crippen LogP contribution in [0.1, 0.15) is 12.0 Å². The molecule has 2 heteroatoms. The van der Waals surface area contributed by atoms with Gasteiger partial charge in [-0.25, -0.2) is 0 Å². The maximum atomic E-state index is 5.40. The van der Waals surface area contributed by atoms with E-state index in [-0.39, 0.29) is 0 Å². The summed E-state index contributed by atoms with van der Waals surface area (Å²) in [5, 5.41) is 0. The summed E-state index contributed by atoms with van der Waals surface area (Å²) in [5.74, 6) is 0. The van der Waals surface area contributed by atoms with Gasteiger partial charge >= 0.3 is 0 Å². The van der Waals surface area contributed by atoms with E-state index in [1.165, 1.54) is 5.56 Å². The average molecular weight is 179 g/mol. The van der Waals surface area contributed by atoms with Crippen molar-refractivity contribution in [2.75, 3.05) is 19.8 Å². The molecule has 2 N–H and O–H groups in total. The summed E-state index contributed by atoms with van der Waals surface area (Å²) in [6, 6.07) is 10.4. The van der Waals surface area contributed by atoms with Crippen molar-refractivity contribution in [2.24, 2.45) is 5.73 Å². The van der Waals surface area contributed by atoms with Gasteiger partial charge in [-0.3, -0.25) is 0 Å². The van der Waals surface area contributed by atoms with Crippen LogP contribution in [0.15, 0.2) is 30.3 Å². The summed E-state index contributed by atoms with van der Waals surface area (Å²) in [4.78, 5) is 0. The predicted octanol–water partition coefficient (Wildman–Crippen LogP) is 1.59. The number of hydrogen-bond donors (Lipinski definition) is 1. The summed E-state index contributed by atoms with van der Waals surface area (Å²) in [6.07, 6.45) is 1.94. The summed E-state index contributed by atoms with van der Waals surface area (Å²) in [5.41, 5.74) is 6.67. The first-order chi connectivity index (χ1) is 6.43. The molecule has 0 atom stereocenters. The Hall–Kier alpha value is -0.860. The van der Waals surface area contributed by atoms with Crippen LogP contribution in [0.3, 0.4) is 0 Å². The number of benzene rings is 1. The number of nitrogens with two attached hydrogens (primary N) is 1. The normalized spacial score (nSPS) is 10.2. The van der Waals surface area contributed by atoms with Crippen molar-refractivity contribution in [2.45, 2.75) is 12.8 Å². The van der Waals surface area contributed by atoms with E-state index in [0.717, 1.165) is 26.1 Å². The van der Waals surface area contributed by atoms with Crippen molar-refractivity contribution < 1.29 is 4.74 Å². The first-order valence-electron chi connectivity index (χ1n) is 4.75. The van der Waals surface area contributed by atoms with Gasteiger partial charge in [0.25, 0.3) is 0 Å². The lowest BCUT2D eigenvalue weighted by Gasteiger charge is -2.02. The maximum Gasteiger partial charge on any atom is 0.0506 e. The highest BCUT2D eigenvalue weighted by Gasteiger charge is 1.91. The molecule has 0 aliphatic heterocycles. The fraction of sp³-hybridized carbons (Fsp3) is 0.455. The van der Waals surface area contributed by atoms with Gasteiger partial charge in [0.2, 0.25) is 0 Å². The Kier molecular flexibility index (Phi) is 5.22. The SMILES string of the molecule is NCCCOCCc1ccccc1. The topological polar surface area (TPSA) is 35.2 Å². The Labute approximate surface area is 79.7 Å². The molecule has 2 nitrogen and oxygen atoms in total. The van der Waals surface area contributed by atoms with Crippen LogP contribution in [-0.2, 0) is 11.2 Å². The third-order valence-electron chi connectivity index (χ3n) is 1.87. The second-order valence-electron chi connectivity index (χ2n) is 2.99. The van der Waals surface area contributed by atoms with Crippen LogP contribution in [0.25, 0.3) is 0 Å². The van der Waals surface area contributed by atoms with Crippen LogP contribution >= 0.6 is 0 Å². The third kappa shape index (κ3) is 4.65. The Morgan fingerprint density at radius 3 is 2.54 bits per heavy atom. The van der Waals surface area contributed by atoms with E-state index < -0.39 is 0 Å². The quantitative estimate of drug-likeness (QED) is 0.673. The van der Waals surface area contributed by atoms with E-state index >= 15 is 0 Å². The average Bonchev–Trinajstić information content (AvgIpc) is 2.19. The van der Waals surface area contributed by atoms with E-state index in [1.54, 1.807) is 0 Å². The van der Waals surface area contributed by atoms with E-state index in [1.807, 2.05) is 6.07 Å². The zero-order valence-electron chi connectivity index (χ0n) is 7.91. The van der Waals surface area contributed by atoms with E-state index in [2.05, 4.69) is 24.3 Å². The van der Waals surface area contributed by atoms with E-state index in [9.17, 15) is 0 Å². The Morgan fingerprint density at radius 1 is 1.08 bits per heavy atom. The van der Waals surface area contributed by atoms with Crippen molar-refractivity contribution in [1.82, 2.24) is 0 Å². The summed E-state index contributed by atoms with van der Waals surface area (Å²) in [6.45, 7) is 2.29. The van der Waals surface area contributed by atoms with Crippen LogP contribution in [0, 0.1) is 0 Å². The molecule has 0 saturated carbocycles. The Bertz CT molecular complexity index is 211. The highest BCUT2D eigenvalue weighted by Crippen LogP contribution is 1.99. The summed E-state index contributed by atoms with van der Waals surface area (Å²) < 4.78 is 5.40. The molecule has 0 aromatic heterocycles. The number of rotatable bonds is 6. The third-order valence-corrected chi connectivity index (χ3v) is 1.87. The molecule has 0 unspecified atom stereocenters. The number of hydrogen-bond acceptors (Lipinski definition) is 2. The molecule has 0 spiro atoms. The fourth-order valence-corrected chi connectivity index (χ4v) is 1.12. The van der Waals surface area contributed by atoms with Gasteiger partial charge in [0.1, 0.15) is 0 Å². The molecule has 0 radical (unpaired) electrons. The molecule has 0 heterocycles. The smallest absolute Gasteiger partial charge is 0.0506 e. The van der Waals surface area contributed by atoms with Crippen molar-refractivity contribution in [3.63, 3.8) is 0 Å². The van der Waals surface area contributed by atoms with Crippen LogP contribution in [0.4, 0.5) is 0 Å². The van der Waals surface area contributed by atoms with Gasteiger partial charge in [0.05, 0.1) is 6.61 Å². The van der Waals surface area contributed by atoms with Crippen LogP contribution in [0.5, 0.6) is 0 Å². The molecule has 0 fully saturated rings. The van der Waals surface area contributed by atoms with Gasteiger partial charge in [0.15, 0.2) is 0 Å². The van der Waals surface area contributed by atoms with Crippen LogP contribution in [-0.4, -0.2) is 19.8 Å². The lowest BCUT2D eigenvalue weighted by Crippen LogP contribution is -2.06. The first kappa shape index (κ1) is 10.2. The minimum atomic E-state index is 0.714. The Morgan fingerprint density at radius 2 is 1.85 bits per heavy atom. The molecule has 0 aliphatic rings. The lowest BCUT2D eigenvalue weighted by molar-refractivity contribution is 0.136. The zero-order valence-corrected chi connectivity index (χ0v) is 7.91. The second-order valence-corrected chi connectivity index (χ2v) is 2.99. The molecular weight excluding hydrogens is 162 g/mol. The molecule has 0 bridgehead atoms. The monoisotopic (exact) mass is 179 g/mol. The molecular formula is C11H17NO. The predicted molar refractivity (Wildman–Crippen MR) is 54.6 cm³/mol. The second kappa shape index (κ2) is 6.63. The fourth-order valence-electron chi connectivity index (χ4n) is 1.12. The zero-order chi connectivity index (χ0) is 9.36. The number of ether oxygens (including phenoxy) is 1. The highest BCUT2D eigenvalue weighted by atomic mass is 16.5. The lowest BCUT2D eigenvalue weighted by atomic mass is 10.2. The van der Waals surface area contributed by atoms with Gasteiger partial charge in [-0.2, -0.15) is 0 Å². The maximum absolute atomic E-state index is 5.40. The van der Waals surface area contributed by atoms with Crippen LogP contribution in [0.2, 0.25) is 0 Å². The van der Waals surface area contributed by atoms with Crippen molar-refractivity contribution in [1.29, 1.82) is 0 Å². The van der Waals surface area contributed by atoms with Gasteiger partial charge in [-0.05, 0) is 24.9 Å². The first-order valence-corrected chi connectivity index (χ1v) is 4.75. The molecule has 0 saturated heterocycles. The van der Waals surface area contributed by atoms with Gasteiger partial charge in [-0.15, -0.1) is 0 Å². The van der Waals surface area contributed by atoms with Gasteiger partial charge in [0, 0.05) is 6.61 Å². The molecule has 72 valence electrons. The van der Waals surface area contributed by atoms with Crippen molar-refractivity contribution >= 4 is 0 Å². The molecule has 1 rings (SSSR count). The standard InChI is InChI=1S/C11H17NO/c12-8-4-9-13-10-7-11-5-2-1-3-6-11/h1-3,5-6H,4,7-10,12H2. The van der Waals surface area contributed by atoms with E-state index in [0.29, 0.717) is 6.54 Å². The Balaban J connectivity index is 2.07. The molecule has 1 aromatic rings. The molecule has 13 heavy (non-hydrogen) atoms. The van der Waals surface area contributed by atoms with E-state index in [4.69, 9.17) is 10.5 Å². The van der Waals surface area contributed by atoms with Gasteiger partial charge < -0.3 is 10.5 Å².